The van der Waals surface area contributed by atoms with Crippen molar-refractivity contribution in [3.63, 3.8) is 0 Å². The largest absolute Gasteiger partial charge is 0.496 e. The summed E-state index contributed by atoms with van der Waals surface area (Å²) in [6, 6.07) is 16.8. The van der Waals surface area contributed by atoms with E-state index >= 15 is 0 Å². The molecule has 0 spiro atoms. The van der Waals surface area contributed by atoms with Gasteiger partial charge in [-0.25, -0.2) is 4.99 Å². The Morgan fingerprint density at radius 1 is 1.13 bits per heavy atom. The van der Waals surface area contributed by atoms with E-state index in [0.717, 1.165) is 44.3 Å². The van der Waals surface area contributed by atoms with E-state index in [-0.39, 0.29) is 29.4 Å². The molecule has 0 radical (unpaired) electrons. The number of methoxy groups -OCH3 is 1. The van der Waals surface area contributed by atoms with Crippen LogP contribution in [0.1, 0.15) is 29.5 Å². The summed E-state index contributed by atoms with van der Waals surface area (Å²) in [4.78, 5) is 6.88. The fourth-order valence-corrected chi connectivity index (χ4v) is 3.89. The molecule has 5 nitrogen and oxygen atoms in total. The zero-order valence-corrected chi connectivity index (χ0v) is 20.8. The molecule has 1 heterocycles. The number of nitrogens with zero attached hydrogens (tertiary/aromatic N) is 2. The maximum Gasteiger partial charge on any atom is 0.193 e. The molecule has 1 N–H and O–H groups in total. The Bertz CT molecular complexity index is 818. The van der Waals surface area contributed by atoms with Crippen LogP contribution in [0.15, 0.2) is 53.5 Å². The lowest BCUT2D eigenvalue weighted by atomic mass is 9.73. The van der Waals surface area contributed by atoms with Crippen LogP contribution in [0.3, 0.4) is 0 Å². The molecule has 0 amide bonds. The molecular formula is C24H34IN3O2. The molecule has 3 rings (SSSR count). The third kappa shape index (κ3) is 6.11. The predicted octanol–water partition coefficient (Wildman–Crippen LogP) is 4.38. The van der Waals surface area contributed by atoms with Gasteiger partial charge in [-0.05, 0) is 31.4 Å². The summed E-state index contributed by atoms with van der Waals surface area (Å²) in [5.41, 5.74) is 3.67. The Morgan fingerprint density at radius 3 is 2.47 bits per heavy atom. The Labute approximate surface area is 197 Å². The van der Waals surface area contributed by atoms with Gasteiger partial charge in [0.1, 0.15) is 5.75 Å². The van der Waals surface area contributed by atoms with Gasteiger partial charge in [0.15, 0.2) is 5.96 Å². The van der Waals surface area contributed by atoms with E-state index in [2.05, 4.69) is 54.7 Å². The van der Waals surface area contributed by atoms with Gasteiger partial charge in [0, 0.05) is 44.8 Å². The van der Waals surface area contributed by atoms with Crippen LogP contribution in [0.2, 0.25) is 0 Å². The van der Waals surface area contributed by atoms with Crippen molar-refractivity contribution in [2.45, 2.75) is 31.7 Å². The summed E-state index contributed by atoms with van der Waals surface area (Å²) in [6.45, 7) is 5.11. The van der Waals surface area contributed by atoms with Gasteiger partial charge < -0.3 is 19.7 Å². The van der Waals surface area contributed by atoms with Crippen molar-refractivity contribution in [1.29, 1.82) is 0 Å². The number of guanidine groups is 1. The summed E-state index contributed by atoms with van der Waals surface area (Å²) in [7, 11) is 5.81. The first kappa shape index (κ1) is 24.5. The molecule has 6 heteroatoms. The van der Waals surface area contributed by atoms with Crippen LogP contribution in [-0.4, -0.2) is 51.8 Å². The molecule has 2 aromatic rings. The maximum absolute atomic E-state index is 5.73. The number of halogens is 1. The molecule has 1 fully saturated rings. The quantitative estimate of drug-likeness (QED) is 0.347. The summed E-state index contributed by atoms with van der Waals surface area (Å²) < 4.78 is 11.4. The predicted molar refractivity (Wildman–Crippen MR) is 134 cm³/mol. The van der Waals surface area contributed by atoms with Crippen LogP contribution in [0.4, 0.5) is 0 Å². The van der Waals surface area contributed by atoms with Crippen LogP contribution < -0.4 is 10.1 Å². The normalized spacial score (nSPS) is 15.8. The van der Waals surface area contributed by atoms with Gasteiger partial charge in [-0.2, -0.15) is 0 Å². The van der Waals surface area contributed by atoms with Gasteiger partial charge in [0.05, 0.1) is 13.7 Å². The van der Waals surface area contributed by atoms with E-state index in [1.807, 2.05) is 25.1 Å². The van der Waals surface area contributed by atoms with E-state index < -0.39 is 0 Å². The molecule has 1 saturated heterocycles. The number of ether oxygens (including phenoxy) is 2. The topological polar surface area (TPSA) is 46.1 Å². The molecule has 0 unspecified atom stereocenters. The first-order chi connectivity index (χ1) is 14.0. The second kappa shape index (κ2) is 11.6. The zero-order chi connectivity index (χ0) is 20.7. The minimum Gasteiger partial charge on any atom is -0.496 e. The summed E-state index contributed by atoms with van der Waals surface area (Å²) in [6.07, 6.45) is 1.92. The van der Waals surface area contributed by atoms with Gasteiger partial charge in [-0.1, -0.05) is 48.0 Å². The number of hydrogen-bond donors (Lipinski definition) is 1. The Hall–Kier alpha value is -1.80. The molecule has 0 aliphatic carbocycles. The number of aliphatic imine (C=N–C) groups is 1. The standard InChI is InChI=1S/C24H33N3O2.HI/c1-19-10-11-22(28-4)21(16-19)24(12-14-29-15-13-24)18-26-23(27(2)3)25-17-20-8-6-5-7-9-20;/h5-11,16H,12-15,17-18H2,1-4H3,(H,25,26);1H. The number of hydrogen-bond acceptors (Lipinski definition) is 3. The number of nitrogens with one attached hydrogen (secondary N) is 1. The van der Waals surface area contributed by atoms with Gasteiger partial charge >= 0.3 is 0 Å². The summed E-state index contributed by atoms with van der Waals surface area (Å²) in [5.74, 6) is 1.85. The van der Waals surface area contributed by atoms with E-state index in [1.54, 1.807) is 7.11 Å². The van der Waals surface area contributed by atoms with Crippen LogP contribution in [0.25, 0.3) is 0 Å². The third-order valence-corrected chi connectivity index (χ3v) is 5.64. The molecule has 30 heavy (non-hydrogen) atoms. The molecule has 0 aromatic heterocycles. The summed E-state index contributed by atoms with van der Waals surface area (Å²) in [5, 5.41) is 3.63. The molecule has 0 bridgehead atoms. The van der Waals surface area contributed by atoms with Crippen molar-refractivity contribution in [1.82, 2.24) is 10.2 Å². The molecule has 1 aliphatic heterocycles. The van der Waals surface area contributed by atoms with Crippen LogP contribution in [0, 0.1) is 6.92 Å². The van der Waals surface area contributed by atoms with Gasteiger partial charge in [0.25, 0.3) is 0 Å². The zero-order valence-electron chi connectivity index (χ0n) is 18.5. The Balaban J connectivity index is 0.00000320. The maximum atomic E-state index is 5.73. The highest BCUT2D eigenvalue weighted by molar-refractivity contribution is 14.0. The van der Waals surface area contributed by atoms with Crippen molar-refractivity contribution in [2.24, 2.45) is 4.99 Å². The van der Waals surface area contributed by atoms with Crippen LogP contribution in [-0.2, 0) is 16.7 Å². The third-order valence-electron chi connectivity index (χ3n) is 5.64. The molecule has 2 aromatic carbocycles. The highest BCUT2D eigenvalue weighted by atomic mass is 127. The van der Waals surface area contributed by atoms with Gasteiger partial charge in [0.2, 0.25) is 0 Å². The molecule has 164 valence electrons. The Morgan fingerprint density at radius 2 is 1.83 bits per heavy atom. The van der Waals surface area contributed by atoms with E-state index in [4.69, 9.17) is 14.5 Å². The lowest BCUT2D eigenvalue weighted by Gasteiger charge is -2.39. The minimum atomic E-state index is -0.0425. The van der Waals surface area contributed by atoms with E-state index in [9.17, 15) is 0 Å². The highest BCUT2D eigenvalue weighted by Gasteiger charge is 2.37. The smallest absolute Gasteiger partial charge is 0.193 e. The van der Waals surface area contributed by atoms with Crippen LogP contribution >= 0.6 is 24.0 Å². The average Bonchev–Trinajstić information content (AvgIpc) is 2.75. The van der Waals surface area contributed by atoms with Gasteiger partial charge in [-0.15, -0.1) is 24.0 Å². The van der Waals surface area contributed by atoms with Crippen molar-refractivity contribution >= 4 is 29.9 Å². The van der Waals surface area contributed by atoms with Gasteiger partial charge in [-0.3, -0.25) is 0 Å². The van der Waals surface area contributed by atoms with E-state index in [0.29, 0.717) is 6.54 Å². The first-order valence-electron chi connectivity index (χ1n) is 10.3. The highest BCUT2D eigenvalue weighted by Crippen LogP contribution is 2.40. The fraction of sp³-hybridized carbons (Fsp3) is 0.458. The van der Waals surface area contributed by atoms with Crippen molar-refractivity contribution in [2.75, 3.05) is 41.0 Å². The lowest BCUT2D eigenvalue weighted by molar-refractivity contribution is 0.0504. The minimum absolute atomic E-state index is 0. The number of rotatable bonds is 6. The number of benzene rings is 2. The number of aryl methyl sites for hydroxylation is 1. The van der Waals surface area contributed by atoms with Crippen molar-refractivity contribution in [3.05, 3.63) is 65.2 Å². The van der Waals surface area contributed by atoms with Crippen molar-refractivity contribution < 1.29 is 9.47 Å². The molecular weight excluding hydrogens is 489 g/mol. The second-order valence-electron chi connectivity index (χ2n) is 7.97. The van der Waals surface area contributed by atoms with E-state index in [1.165, 1.54) is 16.7 Å². The van der Waals surface area contributed by atoms with Crippen LogP contribution in [0.5, 0.6) is 5.75 Å². The lowest BCUT2D eigenvalue weighted by Crippen LogP contribution is -2.48. The van der Waals surface area contributed by atoms with Crippen molar-refractivity contribution in [3.8, 4) is 5.75 Å². The monoisotopic (exact) mass is 523 g/mol. The summed E-state index contributed by atoms with van der Waals surface area (Å²) >= 11 is 0. The SMILES string of the molecule is COc1ccc(C)cc1C1(CNC(=NCc2ccccc2)N(C)C)CCOCC1.I. The first-order valence-corrected chi connectivity index (χ1v) is 10.3. The average molecular weight is 523 g/mol. The second-order valence-corrected chi connectivity index (χ2v) is 7.97. The Kier molecular flexibility index (Phi) is 9.42. The molecule has 1 aliphatic rings. The molecule has 0 atom stereocenters. The molecule has 0 saturated carbocycles. The fourth-order valence-electron chi connectivity index (χ4n) is 3.89.